The standard InChI is InChI=1S/C30H32FN3O6/c1-39-26-18-21(29(36)37)11-10-20(26)12-13-22-6-5-15-34(22)28(35)17-19-9-14-25(27(16-19)40-2)33-30(38)32-24-8-4-3-7-23(24)31/h3-4,7-11,14,16,18,22H,5-6,12-13,15,17H2,1-2H3,(H,36,37)(H2,32,33,38)/t22-/m0/s1. The summed E-state index contributed by atoms with van der Waals surface area (Å²) in [5, 5.41) is 14.3. The van der Waals surface area contributed by atoms with E-state index >= 15 is 0 Å². The molecule has 0 bridgehead atoms. The molecule has 0 aliphatic carbocycles. The van der Waals surface area contributed by atoms with Crippen LogP contribution in [0.4, 0.5) is 20.6 Å². The minimum absolute atomic E-state index is 0.00394. The van der Waals surface area contributed by atoms with E-state index in [1.54, 1.807) is 36.4 Å². The van der Waals surface area contributed by atoms with Crippen LogP contribution in [0.25, 0.3) is 0 Å². The number of halogens is 1. The Morgan fingerprint density at radius 3 is 2.45 bits per heavy atom. The molecule has 9 nitrogen and oxygen atoms in total. The first-order valence-electron chi connectivity index (χ1n) is 13.0. The number of rotatable bonds is 10. The Morgan fingerprint density at radius 2 is 1.73 bits per heavy atom. The van der Waals surface area contributed by atoms with E-state index in [-0.39, 0.29) is 29.6 Å². The number of likely N-dealkylation sites (tertiary alicyclic amines) is 1. The van der Waals surface area contributed by atoms with Crippen molar-refractivity contribution in [3.05, 3.63) is 83.2 Å². The molecule has 210 valence electrons. The number of nitrogens with zero attached hydrogens (tertiary/aromatic N) is 1. The molecule has 3 aromatic rings. The number of hydrogen-bond donors (Lipinski definition) is 3. The van der Waals surface area contributed by atoms with Crippen LogP contribution < -0.4 is 20.1 Å². The van der Waals surface area contributed by atoms with Crippen LogP contribution in [-0.4, -0.2) is 54.7 Å². The number of urea groups is 1. The van der Waals surface area contributed by atoms with Gasteiger partial charge in [0, 0.05) is 12.6 Å². The van der Waals surface area contributed by atoms with Crippen molar-refractivity contribution in [1.29, 1.82) is 0 Å². The number of nitrogens with one attached hydrogen (secondary N) is 2. The Kier molecular flexibility index (Phi) is 9.21. The molecule has 1 fully saturated rings. The van der Waals surface area contributed by atoms with Gasteiger partial charge in [-0.2, -0.15) is 0 Å². The SMILES string of the molecule is COc1cc(C(=O)O)ccc1CC[C@@H]1CCCN1C(=O)Cc1ccc(NC(=O)Nc2ccccc2F)c(OC)c1. The lowest BCUT2D eigenvalue weighted by Crippen LogP contribution is -2.36. The van der Waals surface area contributed by atoms with E-state index in [0.717, 1.165) is 30.4 Å². The van der Waals surface area contributed by atoms with Gasteiger partial charge < -0.3 is 30.1 Å². The van der Waals surface area contributed by atoms with Gasteiger partial charge >= 0.3 is 12.0 Å². The summed E-state index contributed by atoms with van der Waals surface area (Å²) in [5.74, 6) is -0.656. The molecule has 3 N–H and O–H groups in total. The fraction of sp³-hybridized carbons (Fsp3) is 0.300. The number of carboxylic acid groups (broad SMARTS) is 1. The van der Waals surface area contributed by atoms with E-state index in [4.69, 9.17) is 9.47 Å². The highest BCUT2D eigenvalue weighted by atomic mass is 19.1. The third-order valence-corrected chi connectivity index (χ3v) is 6.97. The number of aryl methyl sites for hydroxylation is 1. The Morgan fingerprint density at radius 1 is 0.975 bits per heavy atom. The molecule has 0 aromatic heterocycles. The predicted octanol–water partition coefficient (Wildman–Crippen LogP) is 5.35. The quantitative estimate of drug-likeness (QED) is 0.314. The summed E-state index contributed by atoms with van der Waals surface area (Å²) in [7, 11) is 2.98. The van der Waals surface area contributed by atoms with Gasteiger partial charge in [0.15, 0.2) is 0 Å². The normalized spacial score (nSPS) is 14.5. The molecule has 1 aliphatic rings. The number of anilines is 2. The van der Waals surface area contributed by atoms with Crippen molar-refractivity contribution in [3.8, 4) is 11.5 Å². The summed E-state index contributed by atoms with van der Waals surface area (Å²) in [6.07, 6.45) is 3.36. The van der Waals surface area contributed by atoms with Gasteiger partial charge in [-0.25, -0.2) is 14.0 Å². The predicted molar refractivity (Wildman–Crippen MR) is 149 cm³/mol. The lowest BCUT2D eigenvalue weighted by Gasteiger charge is -2.25. The molecule has 0 radical (unpaired) electrons. The van der Waals surface area contributed by atoms with E-state index in [2.05, 4.69) is 10.6 Å². The van der Waals surface area contributed by atoms with E-state index < -0.39 is 17.8 Å². The topological polar surface area (TPSA) is 117 Å². The number of methoxy groups -OCH3 is 2. The van der Waals surface area contributed by atoms with Gasteiger partial charge in [0.25, 0.3) is 0 Å². The summed E-state index contributed by atoms with van der Waals surface area (Å²) in [6, 6.07) is 15.3. The molecule has 4 rings (SSSR count). The second-order valence-electron chi connectivity index (χ2n) is 9.52. The molecule has 1 heterocycles. The first-order chi connectivity index (χ1) is 19.3. The van der Waals surface area contributed by atoms with Gasteiger partial charge in [-0.3, -0.25) is 4.79 Å². The largest absolute Gasteiger partial charge is 0.496 e. The third-order valence-electron chi connectivity index (χ3n) is 6.97. The number of amides is 3. The van der Waals surface area contributed by atoms with E-state index in [1.807, 2.05) is 4.90 Å². The average Bonchev–Trinajstić information content (AvgIpc) is 3.42. The maximum atomic E-state index is 13.8. The van der Waals surface area contributed by atoms with Crippen LogP contribution in [0.15, 0.2) is 60.7 Å². The highest BCUT2D eigenvalue weighted by molar-refractivity contribution is 6.00. The minimum atomic E-state index is -1.01. The molecule has 0 spiro atoms. The van der Waals surface area contributed by atoms with Crippen LogP contribution in [0.1, 0.15) is 40.7 Å². The molecule has 1 aliphatic heterocycles. The Bertz CT molecular complexity index is 1400. The zero-order chi connectivity index (χ0) is 28.6. The van der Waals surface area contributed by atoms with E-state index in [1.165, 1.54) is 38.5 Å². The van der Waals surface area contributed by atoms with Gasteiger partial charge in [0.2, 0.25) is 5.91 Å². The smallest absolute Gasteiger partial charge is 0.335 e. The van der Waals surface area contributed by atoms with Crippen molar-refractivity contribution in [3.63, 3.8) is 0 Å². The summed E-state index contributed by atoms with van der Waals surface area (Å²) >= 11 is 0. The molecule has 40 heavy (non-hydrogen) atoms. The number of benzene rings is 3. The molecular formula is C30H32FN3O6. The Hall–Kier alpha value is -4.60. The summed E-state index contributed by atoms with van der Waals surface area (Å²) in [4.78, 5) is 38.8. The van der Waals surface area contributed by atoms with Crippen LogP contribution in [-0.2, 0) is 17.6 Å². The molecule has 1 atom stereocenters. The lowest BCUT2D eigenvalue weighted by atomic mass is 10.0. The number of aromatic carboxylic acids is 1. The monoisotopic (exact) mass is 549 g/mol. The van der Waals surface area contributed by atoms with Crippen molar-refractivity contribution < 1.29 is 33.4 Å². The van der Waals surface area contributed by atoms with E-state index in [9.17, 15) is 23.9 Å². The second kappa shape index (κ2) is 13.0. The van der Waals surface area contributed by atoms with Gasteiger partial charge in [-0.1, -0.05) is 24.3 Å². The van der Waals surface area contributed by atoms with Crippen molar-refractivity contribution in [1.82, 2.24) is 4.90 Å². The van der Waals surface area contributed by atoms with E-state index in [0.29, 0.717) is 30.2 Å². The van der Waals surface area contributed by atoms with Gasteiger partial charge in [-0.05, 0) is 73.2 Å². The first kappa shape index (κ1) is 28.4. The molecule has 0 unspecified atom stereocenters. The van der Waals surface area contributed by atoms with Gasteiger partial charge in [0.05, 0.1) is 37.6 Å². The highest BCUT2D eigenvalue weighted by Gasteiger charge is 2.29. The van der Waals surface area contributed by atoms with Crippen LogP contribution in [0.5, 0.6) is 11.5 Å². The number of carbonyl (C=O) groups is 3. The number of carboxylic acids is 1. The van der Waals surface area contributed by atoms with Crippen LogP contribution >= 0.6 is 0 Å². The molecule has 3 aromatic carbocycles. The maximum absolute atomic E-state index is 13.8. The highest BCUT2D eigenvalue weighted by Crippen LogP contribution is 2.29. The second-order valence-corrected chi connectivity index (χ2v) is 9.52. The van der Waals surface area contributed by atoms with Gasteiger partial charge in [0.1, 0.15) is 17.3 Å². The van der Waals surface area contributed by atoms with Crippen LogP contribution in [0.3, 0.4) is 0 Å². The van der Waals surface area contributed by atoms with Crippen molar-refractivity contribution in [2.24, 2.45) is 0 Å². The average molecular weight is 550 g/mol. The fourth-order valence-electron chi connectivity index (χ4n) is 4.93. The van der Waals surface area contributed by atoms with Crippen LogP contribution in [0, 0.1) is 5.82 Å². The first-order valence-corrected chi connectivity index (χ1v) is 13.0. The zero-order valence-electron chi connectivity index (χ0n) is 22.4. The van der Waals surface area contributed by atoms with Gasteiger partial charge in [-0.15, -0.1) is 0 Å². The number of hydrogen-bond acceptors (Lipinski definition) is 5. The number of ether oxygens (including phenoxy) is 2. The summed E-state index contributed by atoms with van der Waals surface area (Å²) < 4.78 is 24.7. The fourth-order valence-corrected chi connectivity index (χ4v) is 4.93. The molecular weight excluding hydrogens is 517 g/mol. The van der Waals surface area contributed by atoms with Crippen LogP contribution in [0.2, 0.25) is 0 Å². The summed E-state index contributed by atoms with van der Waals surface area (Å²) in [5.41, 5.74) is 2.24. The zero-order valence-corrected chi connectivity index (χ0v) is 22.4. The molecule has 10 heteroatoms. The van der Waals surface area contributed by atoms with Crippen molar-refractivity contribution in [2.75, 3.05) is 31.4 Å². The lowest BCUT2D eigenvalue weighted by molar-refractivity contribution is -0.131. The third kappa shape index (κ3) is 6.88. The minimum Gasteiger partial charge on any atom is -0.496 e. The maximum Gasteiger partial charge on any atom is 0.335 e. The number of carbonyl (C=O) groups excluding carboxylic acids is 2. The number of para-hydroxylation sites is 1. The molecule has 3 amide bonds. The van der Waals surface area contributed by atoms with Crippen molar-refractivity contribution >= 4 is 29.3 Å². The molecule has 0 saturated carbocycles. The Labute approximate surface area is 231 Å². The van der Waals surface area contributed by atoms with Crippen molar-refractivity contribution in [2.45, 2.75) is 38.1 Å². The summed E-state index contributed by atoms with van der Waals surface area (Å²) in [6.45, 7) is 0.672. The Balaban J connectivity index is 1.37. The molecule has 1 saturated heterocycles.